The lowest BCUT2D eigenvalue weighted by atomic mass is 10.2. The number of rotatable bonds is 3. The molecule has 0 bridgehead atoms. The Kier molecular flexibility index (Phi) is 6.82. The molecule has 2 N–H and O–H groups in total. The third kappa shape index (κ3) is 7.82. The standard InChI is InChI=1S/C14H26N2O6/c1-13(2,3)21-11(18)16(8-9(15)10(17)20-7)12(19)22-14(4,5)6/h9H,8,15H2,1-7H3. The van der Waals surface area contributed by atoms with Crippen molar-refractivity contribution in [1.29, 1.82) is 0 Å². The van der Waals surface area contributed by atoms with E-state index in [1.54, 1.807) is 41.5 Å². The normalized spacial score (nSPS) is 13.1. The van der Waals surface area contributed by atoms with Crippen LogP contribution in [0.1, 0.15) is 41.5 Å². The van der Waals surface area contributed by atoms with Crippen molar-refractivity contribution < 1.29 is 28.6 Å². The first kappa shape index (κ1) is 20.2. The first-order valence-corrected chi connectivity index (χ1v) is 6.83. The first-order valence-electron chi connectivity index (χ1n) is 6.83. The van der Waals surface area contributed by atoms with Crippen molar-refractivity contribution in [3.05, 3.63) is 0 Å². The average molecular weight is 318 g/mol. The molecule has 0 aromatic heterocycles. The van der Waals surface area contributed by atoms with Crippen molar-refractivity contribution in [2.24, 2.45) is 5.73 Å². The maximum Gasteiger partial charge on any atom is 0.419 e. The van der Waals surface area contributed by atoms with Gasteiger partial charge in [-0.3, -0.25) is 4.79 Å². The highest BCUT2D eigenvalue weighted by Gasteiger charge is 2.33. The van der Waals surface area contributed by atoms with Gasteiger partial charge in [0.25, 0.3) is 0 Å². The van der Waals surface area contributed by atoms with Crippen LogP contribution in [0.25, 0.3) is 0 Å². The molecule has 128 valence electrons. The number of carbonyl (C=O) groups is 3. The zero-order valence-electron chi connectivity index (χ0n) is 14.3. The van der Waals surface area contributed by atoms with Gasteiger partial charge in [0.1, 0.15) is 17.2 Å². The second-order valence-corrected chi connectivity index (χ2v) is 6.70. The number of hydrogen-bond donors (Lipinski definition) is 1. The zero-order valence-corrected chi connectivity index (χ0v) is 14.3. The van der Waals surface area contributed by atoms with Gasteiger partial charge >= 0.3 is 18.2 Å². The third-order valence-corrected chi connectivity index (χ3v) is 2.11. The van der Waals surface area contributed by atoms with E-state index in [-0.39, 0.29) is 0 Å². The van der Waals surface area contributed by atoms with Crippen LogP contribution in [-0.4, -0.2) is 54.0 Å². The molecule has 0 heterocycles. The van der Waals surface area contributed by atoms with E-state index in [0.29, 0.717) is 4.90 Å². The Morgan fingerprint density at radius 1 is 0.955 bits per heavy atom. The van der Waals surface area contributed by atoms with Gasteiger partial charge in [-0.1, -0.05) is 0 Å². The molecule has 0 fully saturated rings. The summed E-state index contributed by atoms with van der Waals surface area (Å²) < 4.78 is 14.7. The molecule has 0 aliphatic carbocycles. The second-order valence-electron chi connectivity index (χ2n) is 6.70. The minimum atomic E-state index is -1.19. The summed E-state index contributed by atoms with van der Waals surface area (Å²) in [6.07, 6.45) is -1.89. The second kappa shape index (κ2) is 7.44. The number of imide groups is 1. The van der Waals surface area contributed by atoms with Gasteiger partial charge in [0, 0.05) is 0 Å². The van der Waals surface area contributed by atoms with Crippen LogP contribution in [0.2, 0.25) is 0 Å². The monoisotopic (exact) mass is 318 g/mol. The fraction of sp³-hybridized carbons (Fsp3) is 0.786. The van der Waals surface area contributed by atoms with Crippen LogP contribution in [-0.2, 0) is 19.0 Å². The number of nitrogens with zero attached hydrogens (tertiary/aromatic N) is 1. The highest BCUT2D eigenvalue weighted by atomic mass is 16.6. The van der Waals surface area contributed by atoms with Crippen LogP contribution in [0.5, 0.6) is 0 Å². The van der Waals surface area contributed by atoms with Gasteiger partial charge in [0.15, 0.2) is 0 Å². The molecule has 8 nitrogen and oxygen atoms in total. The highest BCUT2D eigenvalue weighted by molar-refractivity contribution is 5.89. The molecule has 0 aliphatic rings. The van der Waals surface area contributed by atoms with Gasteiger partial charge in [-0.05, 0) is 41.5 Å². The van der Waals surface area contributed by atoms with Crippen LogP contribution in [0.3, 0.4) is 0 Å². The molecular formula is C14H26N2O6. The summed E-state index contributed by atoms with van der Waals surface area (Å²) in [6.45, 7) is 9.50. The van der Waals surface area contributed by atoms with E-state index in [9.17, 15) is 14.4 Å². The largest absolute Gasteiger partial charge is 0.468 e. The van der Waals surface area contributed by atoms with E-state index in [1.807, 2.05) is 0 Å². The van der Waals surface area contributed by atoms with Gasteiger partial charge in [0.05, 0.1) is 13.7 Å². The molecule has 0 radical (unpaired) electrons. The van der Waals surface area contributed by atoms with E-state index >= 15 is 0 Å². The fourth-order valence-electron chi connectivity index (χ4n) is 1.28. The number of nitrogens with two attached hydrogens (primary N) is 1. The molecule has 0 saturated carbocycles. The molecule has 8 heteroatoms. The summed E-state index contributed by atoms with van der Waals surface area (Å²) in [6, 6.07) is -1.19. The summed E-state index contributed by atoms with van der Waals surface area (Å²) in [5.74, 6) is -0.753. The third-order valence-electron chi connectivity index (χ3n) is 2.11. The van der Waals surface area contributed by atoms with E-state index in [2.05, 4.69) is 4.74 Å². The van der Waals surface area contributed by atoms with E-state index in [1.165, 1.54) is 0 Å². The quantitative estimate of drug-likeness (QED) is 0.622. The van der Waals surface area contributed by atoms with Crippen molar-refractivity contribution >= 4 is 18.2 Å². The van der Waals surface area contributed by atoms with Crippen molar-refractivity contribution in [1.82, 2.24) is 4.90 Å². The molecule has 0 aromatic rings. The van der Waals surface area contributed by atoms with Gasteiger partial charge in [-0.2, -0.15) is 0 Å². The maximum absolute atomic E-state index is 12.1. The number of ether oxygens (including phenoxy) is 3. The molecule has 1 unspecified atom stereocenters. The van der Waals surface area contributed by atoms with E-state index in [0.717, 1.165) is 7.11 Å². The summed E-state index contributed by atoms with van der Waals surface area (Å²) in [5.41, 5.74) is 3.97. The van der Waals surface area contributed by atoms with Crippen LogP contribution < -0.4 is 5.73 Å². The number of amides is 2. The molecule has 0 saturated heterocycles. The zero-order chi connectivity index (χ0) is 17.7. The van der Waals surface area contributed by atoms with Gasteiger partial charge in [-0.25, -0.2) is 14.5 Å². The van der Waals surface area contributed by atoms with Crippen LogP contribution in [0.15, 0.2) is 0 Å². The average Bonchev–Trinajstić information content (AvgIpc) is 2.29. The molecule has 0 rings (SSSR count). The minimum Gasteiger partial charge on any atom is -0.468 e. The van der Waals surface area contributed by atoms with Crippen molar-refractivity contribution in [3.63, 3.8) is 0 Å². The molecule has 22 heavy (non-hydrogen) atoms. The van der Waals surface area contributed by atoms with Crippen LogP contribution in [0.4, 0.5) is 9.59 Å². The number of esters is 1. The summed E-state index contributed by atoms with van der Waals surface area (Å²) in [5, 5.41) is 0. The van der Waals surface area contributed by atoms with Crippen molar-refractivity contribution in [2.45, 2.75) is 58.8 Å². The summed E-state index contributed by atoms with van der Waals surface area (Å²) in [4.78, 5) is 36.3. The van der Waals surface area contributed by atoms with E-state index in [4.69, 9.17) is 15.2 Å². The van der Waals surface area contributed by atoms with Gasteiger partial charge < -0.3 is 19.9 Å². The Hall–Kier alpha value is -1.83. The van der Waals surface area contributed by atoms with Crippen LogP contribution >= 0.6 is 0 Å². The van der Waals surface area contributed by atoms with Crippen molar-refractivity contribution in [2.75, 3.05) is 13.7 Å². The highest BCUT2D eigenvalue weighted by Crippen LogP contribution is 2.14. The smallest absolute Gasteiger partial charge is 0.419 e. The lowest BCUT2D eigenvalue weighted by Crippen LogP contribution is -2.50. The summed E-state index contributed by atoms with van der Waals surface area (Å²) in [7, 11) is 1.16. The molecule has 0 spiro atoms. The molecule has 1 atom stereocenters. The maximum atomic E-state index is 12.1. The topological polar surface area (TPSA) is 108 Å². The lowest BCUT2D eigenvalue weighted by molar-refractivity contribution is -0.142. The Labute approximate surface area is 130 Å². The first-order chi connectivity index (χ1) is 9.76. The Morgan fingerprint density at radius 2 is 1.32 bits per heavy atom. The number of methoxy groups -OCH3 is 1. The number of hydrogen-bond acceptors (Lipinski definition) is 7. The van der Waals surface area contributed by atoms with E-state index < -0.39 is 41.9 Å². The molecule has 0 aliphatic heterocycles. The Balaban J connectivity index is 5.18. The van der Waals surface area contributed by atoms with Gasteiger partial charge in [0.2, 0.25) is 0 Å². The predicted octanol–water partition coefficient (Wildman–Crippen LogP) is 1.66. The number of carbonyl (C=O) groups excluding carboxylic acids is 3. The van der Waals surface area contributed by atoms with Crippen LogP contribution in [0, 0.1) is 0 Å². The summed E-state index contributed by atoms with van der Waals surface area (Å²) >= 11 is 0. The molecular weight excluding hydrogens is 292 g/mol. The molecule has 2 amide bonds. The van der Waals surface area contributed by atoms with Crippen molar-refractivity contribution in [3.8, 4) is 0 Å². The molecule has 0 aromatic carbocycles. The predicted molar refractivity (Wildman–Crippen MR) is 79.2 cm³/mol. The Bertz CT molecular complexity index is 394. The van der Waals surface area contributed by atoms with Gasteiger partial charge in [-0.15, -0.1) is 0 Å². The Morgan fingerprint density at radius 3 is 1.59 bits per heavy atom. The fourth-order valence-corrected chi connectivity index (χ4v) is 1.28. The lowest BCUT2D eigenvalue weighted by Gasteiger charge is -2.29. The minimum absolute atomic E-state index is 0.406. The SMILES string of the molecule is COC(=O)C(N)CN(C(=O)OC(C)(C)C)C(=O)OC(C)(C)C.